The Balaban J connectivity index is 1.11. The van der Waals surface area contributed by atoms with Crippen LogP contribution in [0.25, 0.3) is 66.1 Å². The number of aryl methyl sites for hydroxylation is 1. The molecule has 0 saturated heterocycles. The predicted molar refractivity (Wildman–Crippen MR) is 247 cm³/mol. The van der Waals surface area contributed by atoms with Gasteiger partial charge in [0.15, 0.2) is 0 Å². The average Bonchev–Trinajstić information content (AvgIpc) is 3.52. The van der Waals surface area contributed by atoms with Crippen molar-refractivity contribution in [2.45, 2.75) is 44.9 Å². The van der Waals surface area contributed by atoms with Crippen molar-refractivity contribution in [2.24, 2.45) is 0 Å². The lowest BCUT2D eigenvalue weighted by molar-refractivity contribution is 0.661. The third kappa shape index (κ3) is 5.68. The molecule has 0 fully saturated rings. The fourth-order valence-corrected chi connectivity index (χ4v) is 10.0. The fourth-order valence-electron chi connectivity index (χ4n) is 10.0. The van der Waals surface area contributed by atoms with Crippen molar-refractivity contribution in [1.29, 1.82) is 0 Å². The van der Waals surface area contributed by atoms with Crippen LogP contribution in [0.2, 0.25) is 0 Å². The maximum absolute atomic E-state index is 2.51. The zero-order valence-corrected chi connectivity index (χ0v) is 33.2. The van der Waals surface area contributed by atoms with Gasteiger partial charge in [0.1, 0.15) is 0 Å². The molecular formula is C57H45N. The second-order valence-electron chi connectivity index (χ2n) is 16.8. The van der Waals surface area contributed by atoms with Crippen molar-refractivity contribution in [3.8, 4) is 44.5 Å². The van der Waals surface area contributed by atoms with Gasteiger partial charge < -0.3 is 4.90 Å². The van der Waals surface area contributed by atoms with Crippen LogP contribution in [0.4, 0.5) is 17.1 Å². The first-order valence-corrected chi connectivity index (χ1v) is 20.9. The lowest BCUT2D eigenvalue weighted by atomic mass is 9.82. The number of hydrogen-bond donors (Lipinski definition) is 0. The lowest BCUT2D eigenvalue weighted by Crippen LogP contribution is -2.17. The molecule has 0 saturated carbocycles. The first kappa shape index (κ1) is 34.5. The van der Waals surface area contributed by atoms with E-state index in [-0.39, 0.29) is 5.41 Å². The zero-order valence-electron chi connectivity index (χ0n) is 33.2. The second kappa shape index (κ2) is 13.7. The number of rotatable bonds is 6. The van der Waals surface area contributed by atoms with Gasteiger partial charge in [-0.05, 0) is 145 Å². The number of anilines is 3. The number of benzene rings is 9. The first-order valence-electron chi connectivity index (χ1n) is 20.9. The Morgan fingerprint density at radius 3 is 1.86 bits per heavy atom. The monoisotopic (exact) mass is 743 g/mol. The SMILES string of the molecule is CC1(C)c2cc(N(c3ccc(-c4cccc5c4CCCC5)cc3)c3cc4ccccc4cc3-c3ccc(-c4ccccc4)cc3)ccc2-c2c1ccc1ccccc21. The summed E-state index contributed by atoms with van der Waals surface area (Å²) >= 11 is 0. The molecule has 9 aromatic carbocycles. The molecule has 0 amide bonds. The highest BCUT2D eigenvalue weighted by atomic mass is 15.1. The van der Waals surface area contributed by atoms with Crippen molar-refractivity contribution in [3.63, 3.8) is 0 Å². The Bertz CT molecular complexity index is 3010. The van der Waals surface area contributed by atoms with Crippen LogP contribution in [0.15, 0.2) is 188 Å². The maximum Gasteiger partial charge on any atom is 0.0546 e. The predicted octanol–water partition coefficient (Wildman–Crippen LogP) is 15.6. The molecule has 58 heavy (non-hydrogen) atoms. The highest BCUT2D eigenvalue weighted by Gasteiger charge is 2.37. The van der Waals surface area contributed by atoms with E-state index in [9.17, 15) is 0 Å². The summed E-state index contributed by atoms with van der Waals surface area (Å²) < 4.78 is 0. The van der Waals surface area contributed by atoms with Gasteiger partial charge in [0, 0.05) is 22.4 Å². The Morgan fingerprint density at radius 2 is 1.05 bits per heavy atom. The molecule has 0 bridgehead atoms. The van der Waals surface area contributed by atoms with Gasteiger partial charge in [-0.15, -0.1) is 0 Å². The normalized spacial score (nSPS) is 13.9. The molecule has 0 unspecified atom stereocenters. The topological polar surface area (TPSA) is 3.24 Å². The van der Waals surface area contributed by atoms with Gasteiger partial charge in [-0.1, -0.05) is 166 Å². The van der Waals surface area contributed by atoms with Gasteiger partial charge >= 0.3 is 0 Å². The van der Waals surface area contributed by atoms with E-state index in [4.69, 9.17) is 0 Å². The largest absolute Gasteiger partial charge is 0.310 e. The zero-order chi connectivity index (χ0) is 38.8. The molecule has 0 spiro atoms. The van der Waals surface area contributed by atoms with Gasteiger partial charge in [-0.25, -0.2) is 0 Å². The van der Waals surface area contributed by atoms with Crippen molar-refractivity contribution in [2.75, 3.05) is 4.90 Å². The summed E-state index contributed by atoms with van der Waals surface area (Å²) in [5, 5.41) is 5.07. The standard InChI is InChI=1S/C57H45N/c1-57(2)53-34-29-41-16-9-11-21-50(41)56(53)51-33-32-47(37-54(51)57)58(46-30-27-42(28-31-46)49-22-12-19-40-15-8-10-20-48(40)49)55-36-45-18-7-6-17-44(45)35-52(55)43-25-23-39(24-26-43)38-13-4-3-5-14-38/h3-7,9,11-14,16-19,21-37H,8,10,15,20H2,1-2H3. The molecule has 278 valence electrons. The van der Waals surface area contributed by atoms with E-state index in [2.05, 4.69) is 207 Å². The van der Waals surface area contributed by atoms with Crippen molar-refractivity contribution in [1.82, 2.24) is 0 Å². The van der Waals surface area contributed by atoms with Crippen LogP contribution in [0.3, 0.4) is 0 Å². The van der Waals surface area contributed by atoms with Crippen LogP contribution in [-0.4, -0.2) is 0 Å². The van der Waals surface area contributed by atoms with Crippen LogP contribution in [-0.2, 0) is 18.3 Å². The van der Waals surface area contributed by atoms with Crippen molar-refractivity contribution >= 4 is 38.6 Å². The highest BCUT2D eigenvalue weighted by Crippen LogP contribution is 2.53. The molecule has 2 aliphatic rings. The van der Waals surface area contributed by atoms with E-state index in [1.54, 1.807) is 0 Å². The molecular weight excluding hydrogens is 699 g/mol. The second-order valence-corrected chi connectivity index (χ2v) is 16.8. The van der Waals surface area contributed by atoms with Gasteiger partial charge in [-0.3, -0.25) is 0 Å². The molecule has 1 heteroatoms. The molecule has 0 aliphatic heterocycles. The number of fused-ring (bicyclic) bond motifs is 7. The summed E-state index contributed by atoms with van der Waals surface area (Å²) in [4.78, 5) is 2.51. The van der Waals surface area contributed by atoms with E-state index >= 15 is 0 Å². The smallest absolute Gasteiger partial charge is 0.0546 e. The van der Waals surface area contributed by atoms with Crippen LogP contribution >= 0.6 is 0 Å². The van der Waals surface area contributed by atoms with E-state index in [1.165, 1.54) is 108 Å². The Hall–Kier alpha value is -6.70. The average molecular weight is 744 g/mol. The van der Waals surface area contributed by atoms with E-state index in [0.717, 1.165) is 23.5 Å². The Labute approximate surface area is 341 Å². The summed E-state index contributed by atoms with van der Waals surface area (Å²) in [6, 6.07) is 70.3. The minimum atomic E-state index is -0.161. The third-order valence-corrected chi connectivity index (χ3v) is 13.0. The molecule has 0 atom stereocenters. The minimum absolute atomic E-state index is 0.161. The Morgan fingerprint density at radius 1 is 0.414 bits per heavy atom. The van der Waals surface area contributed by atoms with Gasteiger partial charge in [0.2, 0.25) is 0 Å². The molecule has 11 rings (SSSR count). The summed E-state index contributed by atoms with van der Waals surface area (Å²) in [6.07, 6.45) is 4.89. The molecule has 0 heterocycles. The quantitative estimate of drug-likeness (QED) is 0.164. The van der Waals surface area contributed by atoms with Crippen LogP contribution in [0.1, 0.15) is 48.9 Å². The highest BCUT2D eigenvalue weighted by molar-refractivity contribution is 6.04. The third-order valence-electron chi connectivity index (χ3n) is 13.0. The Kier molecular flexibility index (Phi) is 8.19. The summed E-state index contributed by atoms with van der Waals surface area (Å²) in [5.41, 5.74) is 19.3. The molecule has 0 aromatic heterocycles. The first-order chi connectivity index (χ1) is 28.5. The summed E-state index contributed by atoms with van der Waals surface area (Å²) in [5.74, 6) is 0. The number of nitrogens with zero attached hydrogens (tertiary/aromatic N) is 1. The molecule has 0 N–H and O–H groups in total. The van der Waals surface area contributed by atoms with E-state index in [1.807, 2.05) is 0 Å². The lowest BCUT2D eigenvalue weighted by Gasteiger charge is -2.30. The van der Waals surface area contributed by atoms with Gasteiger partial charge in [-0.2, -0.15) is 0 Å². The van der Waals surface area contributed by atoms with Gasteiger partial charge in [0.25, 0.3) is 0 Å². The van der Waals surface area contributed by atoms with Crippen LogP contribution in [0, 0.1) is 0 Å². The molecule has 2 aliphatic carbocycles. The summed E-state index contributed by atoms with van der Waals surface area (Å²) in [6.45, 7) is 4.79. The summed E-state index contributed by atoms with van der Waals surface area (Å²) in [7, 11) is 0. The molecule has 0 radical (unpaired) electrons. The van der Waals surface area contributed by atoms with Crippen LogP contribution < -0.4 is 4.90 Å². The molecule has 1 nitrogen and oxygen atoms in total. The number of hydrogen-bond acceptors (Lipinski definition) is 1. The molecule has 9 aromatic rings. The van der Waals surface area contributed by atoms with E-state index < -0.39 is 0 Å². The maximum atomic E-state index is 2.51. The van der Waals surface area contributed by atoms with Crippen LogP contribution in [0.5, 0.6) is 0 Å². The fraction of sp³-hybridized carbons (Fsp3) is 0.123. The van der Waals surface area contributed by atoms with Crippen molar-refractivity contribution in [3.05, 3.63) is 210 Å². The minimum Gasteiger partial charge on any atom is -0.310 e. The van der Waals surface area contributed by atoms with Gasteiger partial charge in [0.05, 0.1) is 5.69 Å². The van der Waals surface area contributed by atoms with E-state index in [0.29, 0.717) is 0 Å². The van der Waals surface area contributed by atoms with Crippen molar-refractivity contribution < 1.29 is 0 Å².